The molecule has 1 fully saturated rings. The average molecular weight is 303 g/mol. The molecule has 2 amide bonds. The highest BCUT2D eigenvalue weighted by atomic mass is 19.4. The second-order valence-corrected chi connectivity index (χ2v) is 4.53. The van der Waals surface area contributed by atoms with Crippen LogP contribution in [0.25, 0.3) is 0 Å². The molecule has 0 aromatic heterocycles. The molecule has 0 spiro atoms. The van der Waals surface area contributed by atoms with Gasteiger partial charge in [0, 0.05) is 12.8 Å². The topological polar surface area (TPSA) is 66.8 Å². The number of aliphatic hydroxyl groups excluding tert-OH is 1. The molecule has 21 heavy (non-hydrogen) atoms. The predicted octanol–water partition coefficient (Wildman–Crippen LogP) is 1.77. The van der Waals surface area contributed by atoms with Crippen LogP contribution in [-0.2, 0) is 9.59 Å². The van der Waals surface area contributed by atoms with Gasteiger partial charge in [0.25, 0.3) is 0 Å². The lowest BCUT2D eigenvalue weighted by molar-refractivity contribution is -0.274. The molecule has 1 saturated heterocycles. The normalized spacial score (nSPS) is 17.2. The number of ether oxygens (including phenoxy) is 1. The van der Waals surface area contributed by atoms with E-state index in [1.165, 1.54) is 12.1 Å². The van der Waals surface area contributed by atoms with Gasteiger partial charge < -0.3 is 9.84 Å². The minimum absolute atomic E-state index is 0.115. The maximum absolute atomic E-state index is 12.0. The molecule has 0 aliphatic carbocycles. The number of alkyl halides is 3. The number of hydrogen-bond acceptors (Lipinski definition) is 4. The van der Waals surface area contributed by atoms with E-state index in [2.05, 4.69) is 4.74 Å². The first-order valence-corrected chi connectivity index (χ1v) is 6.13. The molecular formula is C13H12F3NO4. The number of carbonyl (C=O) groups excluding carboxylic acids is 2. The summed E-state index contributed by atoms with van der Waals surface area (Å²) >= 11 is 0. The van der Waals surface area contributed by atoms with Crippen molar-refractivity contribution in [3.05, 3.63) is 29.8 Å². The quantitative estimate of drug-likeness (QED) is 0.861. The van der Waals surface area contributed by atoms with Gasteiger partial charge in [0.15, 0.2) is 0 Å². The fourth-order valence-corrected chi connectivity index (χ4v) is 2.00. The van der Waals surface area contributed by atoms with Gasteiger partial charge >= 0.3 is 6.36 Å². The van der Waals surface area contributed by atoms with E-state index in [1.807, 2.05) is 0 Å². The van der Waals surface area contributed by atoms with Crippen molar-refractivity contribution < 1.29 is 32.6 Å². The fraction of sp³-hybridized carbons (Fsp3) is 0.385. The van der Waals surface area contributed by atoms with Gasteiger partial charge in [0.2, 0.25) is 11.8 Å². The van der Waals surface area contributed by atoms with Crippen LogP contribution in [0.2, 0.25) is 0 Å². The summed E-state index contributed by atoms with van der Waals surface area (Å²) in [4.78, 5) is 23.8. The molecule has 0 radical (unpaired) electrons. The van der Waals surface area contributed by atoms with Crippen LogP contribution in [0.3, 0.4) is 0 Å². The predicted molar refractivity (Wildman–Crippen MR) is 64.0 cm³/mol. The number of likely N-dealkylation sites (tertiary alicyclic amines) is 1. The second kappa shape index (κ2) is 5.72. The van der Waals surface area contributed by atoms with E-state index < -0.39 is 18.2 Å². The second-order valence-electron chi connectivity index (χ2n) is 4.53. The molecule has 1 heterocycles. The molecule has 1 N–H and O–H groups in total. The third kappa shape index (κ3) is 3.94. The van der Waals surface area contributed by atoms with Crippen LogP contribution >= 0.6 is 0 Å². The third-order valence-corrected chi connectivity index (χ3v) is 3.01. The van der Waals surface area contributed by atoms with Crippen molar-refractivity contribution in [1.82, 2.24) is 4.90 Å². The Morgan fingerprint density at radius 3 is 2.14 bits per heavy atom. The highest BCUT2D eigenvalue weighted by Gasteiger charge is 2.32. The highest BCUT2D eigenvalue weighted by Crippen LogP contribution is 2.25. The Bertz CT molecular complexity index is 525. The molecule has 1 aliphatic heterocycles. The molecule has 1 atom stereocenters. The Labute approximate surface area is 117 Å². The molecule has 5 nitrogen and oxygen atoms in total. The van der Waals surface area contributed by atoms with E-state index in [-0.39, 0.29) is 36.8 Å². The SMILES string of the molecule is O=C1CCC(=O)N1CC(O)c1ccc(OC(F)(F)F)cc1. The van der Waals surface area contributed by atoms with Crippen molar-refractivity contribution in [3.8, 4) is 5.75 Å². The summed E-state index contributed by atoms with van der Waals surface area (Å²) < 4.78 is 39.7. The van der Waals surface area contributed by atoms with Gasteiger partial charge in [-0.1, -0.05) is 12.1 Å². The van der Waals surface area contributed by atoms with Crippen molar-refractivity contribution in [2.75, 3.05) is 6.54 Å². The zero-order valence-corrected chi connectivity index (χ0v) is 10.8. The minimum atomic E-state index is -4.78. The highest BCUT2D eigenvalue weighted by molar-refractivity contribution is 6.01. The Morgan fingerprint density at radius 2 is 1.67 bits per heavy atom. The van der Waals surface area contributed by atoms with Gasteiger partial charge in [-0.3, -0.25) is 14.5 Å². The van der Waals surface area contributed by atoms with E-state index in [0.717, 1.165) is 17.0 Å². The fourth-order valence-electron chi connectivity index (χ4n) is 2.00. The number of nitrogens with zero attached hydrogens (tertiary/aromatic N) is 1. The zero-order chi connectivity index (χ0) is 15.6. The average Bonchev–Trinajstić information content (AvgIpc) is 2.69. The van der Waals surface area contributed by atoms with Crippen molar-refractivity contribution in [1.29, 1.82) is 0 Å². The Morgan fingerprint density at radius 1 is 1.14 bits per heavy atom. The maximum Gasteiger partial charge on any atom is 0.573 e. The zero-order valence-electron chi connectivity index (χ0n) is 10.8. The van der Waals surface area contributed by atoms with E-state index in [1.54, 1.807) is 0 Å². The summed E-state index contributed by atoms with van der Waals surface area (Å²) in [6.45, 7) is -0.211. The van der Waals surface area contributed by atoms with Gasteiger partial charge in [-0.05, 0) is 17.7 Å². The van der Waals surface area contributed by atoms with Crippen LogP contribution in [0.4, 0.5) is 13.2 Å². The van der Waals surface area contributed by atoms with Crippen LogP contribution in [0, 0.1) is 0 Å². The van der Waals surface area contributed by atoms with Gasteiger partial charge in [0.1, 0.15) is 5.75 Å². The van der Waals surface area contributed by atoms with Crippen LogP contribution in [0.15, 0.2) is 24.3 Å². The number of halogens is 3. The minimum Gasteiger partial charge on any atom is -0.406 e. The van der Waals surface area contributed by atoms with E-state index in [0.29, 0.717) is 0 Å². The molecule has 1 aromatic carbocycles. The number of benzene rings is 1. The van der Waals surface area contributed by atoms with Gasteiger partial charge in [-0.15, -0.1) is 13.2 Å². The summed E-state index contributed by atoms with van der Waals surface area (Å²) in [6, 6.07) is 4.60. The lowest BCUT2D eigenvalue weighted by Crippen LogP contribution is -2.33. The Balaban J connectivity index is 2.01. The van der Waals surface area contributed by atoms with E-state index >= 15 is 0 Å². The summed E-state index contributed by atoms with van der Waals surface area (Å²) in [5.74, 6) is -1.14. The summed E-state index contributed by atoms with van der Waals surface area (Å²) in [7, 11) is 0. The third-order valence-electron chi connectivity index (χ3n) is 3.01. The summed E-state index contributed by atoms with van der Waals surface area (Å²) in [6.07, 6.45) is -5.71. The van der Waals surface area contributed by atoms with Gasteiger partial charge in [-0.2, -0.15) is 0 Å². The summed E-state index contributed by atoms with van der Waals surface area (Å²) in [5.41, 5.74) is 0.289. The number of rotatable bonds is 4. The molecule has 0 bridgehead atoms. The monoisotopic (exact) mass is 303 g/mol. The number of imide groups is 1. The van der Waals surface area contributed by atoms with Crippen molar-refractivity contribution in [2.24, 2.45) is 0 Å². The number of amides is 2. The number of β-amino-alcohol motifs (C(OH)–C–C–N with tert-alkyl or cyclic N) is 1. The molecular weight excluding hydrogens is 291 g/mol. The first-order chi connectivity index (χ1) is 9.76. The van der Waals surface area contributed by atoms with Gasteiger partial charge in [-0.25, -0.2) is 0 Å². The molecule has 0 saturated carbocycles. The maximum atomic E-state index is 12.0. The lowest BCUT2D eigenvalue weighted by atomic mass is 10.1. The molecule has 1 aliphatic rings. The van der Waals surface area contributed by atoms with Crippen LogP contribution in [0.1, 0.15) is 24.5 Å². The van der Waals surface area contributed by atoms with Crippen molar-refractivity contribution in [3.63, 3.8) is 0 Å². The molecule has 1 aromatic rings. The Kier molecular flexibility index (Phi) is 4.17. The molecule has 8 heteroatoms. The lowest BCUT2D eigenvalue weighted by Gasteiger charge is -2.19. The van der Waals surface area contributed by atoms with Gasteiger partial charge in [0.05, 0.1) is 12.6 Å². The number of hydrogen-bond donors (Lipinski definition) is 1. The smallest absolute Gasteiger partial charge is 0.406 e. The molecule has 114 valence electrons. The largest absolute Gasteiger partial charge is 0.573 e. The van der Waals surface area contributed by atoms with Crippen molar-refractivity contribution >= 4 is 11.8 Å². The van der Waals surface area contributed by atoms with E-state index in [4.69, 9.17) is 0 Å². The van der Waals surface area contributed by atoms with Crippen molar-refractivity contribution in [2.45, 2.75) is 25.3 Å². The number of carbonyl (C=O) groups is 2. The standard InChI is InChI=1S/C13H12F3NO4/c14-13(15,16)21-9-3-1-8(2-4-9)10(18)7-17-11(19)5-6-12(17)20/h1-4,10,18H,5-7H2. The van der Waals surface area contributed by atoms with Crippen LogP contribution < -0.4 is 4.74 Å². The van der Waals surface area contributed by atoms with Crippen LogP contribution in [-0.4, -0.2) is 34.7 Å². The first-order valence-electron chi connectivity index (χ1n) is 6.13. The first kappa shape index (κ1) is 15.3. The summed E-state index contributed by atoms with van der Waals surface area (Å²) in [5, 5.41) is 9.93. The molecule has 1 unspecified atom stereocenters. The van der Waals surface area contributed by atoms with E-state index in [9.17, 15) is 27.9 Å². The Hall–Kier alpha value is -2.09. The number of aliphatic hydroxyl groups is 1. The molecule has 2 rings (SSSR count). The van der Waals surface area contributed by atoms with Crippen LogP contribution in [0.5, 0.6) is 5.75 Å².